The van der Waals surface area contributed by atoms with E-state index in [4.69, 9.17) is 14.2 Å². The number of hydrogen-bond donors (Lipinski definition) is 1. The summed E-state index contributed by atoms with van der Waals surface area (Å²) < 4.78 is 15.6. The van der Waals surface area contributed by atoms with Gasteiger partial charge < -0.3 is 19.2 Å². The lowest BCUT2D eigenvalue weighted by Crippen LogP contribution is -2.19. The highest BCUT2D eigenvalue weighted by Gasteiger charge is 2.28. The molecule has 1 aromatic heterocycles. The summed E-state index contributed by atoms with van der Waals surface area (Å²) in [5, 5.41) is 11.3. The van der Waals surface area contributed by atoms with Crippen molar-refractivity contribution in [3.8, 4) is 11.5 Å². The van der Waals surface area contributed by atoms with E-state index in [2.05, 4.69) is 4.98 Å². The Balaban J connectivity index is 1.81. The number of H-pyrrole nitrogens is 1. The first kappa shape index (κ1) is 20.1. The maximum Gasteiger partial charge on any atom is 0.345 e. The molecule has 2 heterocycles. The first-order chi connectivity index (χ1) is 13.7. The number of fused-ring (bicyclic) bond motifs is 1. The lowest BCUT2D eigenvalue weighted by Gasteiger charge is -2.18. The average Bonchev–Trinajstić information content (AvgIpc) is 2.98. The smallest absolute Gasteiger partial charge is 0.345 e. The van der Waals surface area contributed by atoms with Crippen molar-refractivity contribution in [1.29, 1.82) is 0 Å². The first-order valence-electron chi connectivity index (χ1n) is 8.69. The second-order valence-electron chi connectivity index (χ2n) is 6.45. The summed E-state index contributed by atoms with van der Waals surface area (Å²) in [6, 6.07) is 2.25. The van der Waals surface area contributed by atoms with Crippen molar-refractivity contribution in [1.82, 2.24) is 4.98 Å². The average molecular weight is 402 g/mol. The van der Waals surface area contributed by atoms with E-state index in [-0.39, 0.29) is 41.8 Å². The third-order valence-corrected chi connectivity index (χ3v) is 4.48. The summed E-state index contributed by atoms with van der Waals surface area (Å²) in [6.07, 6.45) is 0. The Morgan fingerprint density at radius 1 is 1.17 bits per heavy atom. The van der Waals surface area contributed by atoms with Crippen LogP contribution in [0.5, 0.6) is 11.5 Å². The lowest BCUT2D eigenvalue weighted by molar-refractivity contribution is -0.385. The predicted molar refractivity (Wildman–Crippen MR) is 99.0 cm³/mol. The SMILES string of the molecule is CC(=O)c1c(C)[nH]c(C(=O)COC(=O)c2cc3c(cc2[N+](=O)[O-])OCCO3)c1C. The first-order valence-corrected chi connectivity index (χ1v) is 8.69. The number of carbonyl (C=O) groups excluding carboxylic acids is 3. The van der Waals surface area contributed by atoms with Crippen molar-refractivity contribution in [2.24, 2.45) is 0 Å². The predicted octanol–water partition coefficient (Wildman–Crippen LogP) is 2.55. The van der Waals surface area contributed by atoms with Gasteiger partial charge in [-0.2, -0.15) is 0 Å². The molecule has 152 valence electrons. The van der Waals surface area contributed by atoms with Crippen LogP contribution in [0.4, 0.5) is 5.69 Å². The van der Waals surface area contributed by atoms with Gasteiger partial charge in [-0.3, -0.25) is 19.7 Å². The van der Waals surface area contributed by atoms with Crippen molar-refractivity contribution < 1.29 is 33.5 Å². The number of benzene rings is 1. The zero-order valence-corrected chi connectivity index (χ0v) is 16.0. The summed E-state index contributed by atoms with van der Waals surface area (Å²) in [4.78, 5) is 49.9. The summed E-state index contributed by atoms with van der Waals surface area (Å²) >= 11 is 0. The number of nitro benzene ring substituents is 1. The van der Waals surface area contributed by atoms with Gasteiger partial charge in [-0.25, -0.2) is 4.79 Å². The number of nitrogens with zero attached hydrogens (tertiary/aromatic N) is 1. The molecule has 0 amide bonds. The molecule has 10 heteroatoms. The Labute approximate surface area is 164 Å². The molecule has 10 nitrogen and oxygen atoms in total. The normalized spacial score (nSPS) is 12.4. The van der Waals surface area contributed by atoms with E-state index >= 15 is 0 Å². The van der Waals surface area contributed by atoms with Gasteiger partial charge in [0.1, 0.15) is 18.8 Å². The van der Waals surface area contributed by atoms with Gasteiger partial charge >= 0.3 is 5.97 Å². The fraction of sp³-hybridized carbons (Fsp3) is 0.316. The van der Waals surface area contributed by atoms with Crippen molar-refractivity contribution in [3.05, 3.63) is 50.3 Å². The van der Waals surface area contributed by atoms with Crippen molar-refractivity contribution in [3.63, 3.8) is 0 Å². The Morgan fingerprint density at radius 2 is 1.79 bits per heavy atom. The largest absolute Gasteiger partial charge is 0.486 e. The maximum atomic E-state index is 12.4. The van der Waals surface area contributed by atoms with E-state index in [9.17, 15) is 24.5 Å². The number of carbonyl (C=O) groups is 3. The highest BCUT2D eigenvalue weighted by atomic mass is 16.6. The van der Waals surface area contributed by atoms with E-state index in [1.54, 1.807) is 13.8 Å². The Bertz CT molecular complexity index is 1040. The highest BCUT2D eigenvalue weighted by Crippen LogP contribution is 2.36. The van der Waals surface area contributed by atoms with E-state index < -0.39 is 29.0 Å². The number of aryl methyl sites for hydroxylation is 1. The van der Waals surface area contributed by atoms with Gasteiger partial charge in [-0.05, 0) is 26.3 Å². The number of ether oxygens (including phenoxy) is 3. The van der Waals surface area contributed by atoms with Crippen LogP contribution in [0.2, 0.25) is 0 Å². The van der Waals surface area contributed by atoms with Crippen LogP contribution in [0, 0.1) is 24.0 Å². The second kappa shape index (κ2) is 7.74. The third kappa shape index (κ3) is 3.82. The molecule has 0 aliphatic carbocycles. The van der Waals surface area contributed by atoms with Gasteiger partial charge in [-0.15, -0.1) is 0 Å². The molecule has 1 aliphatic rings. The number of hydrogen-bond acceptors (Lipinski definition) is 8. The highest BCUT2D eigenvalue weighted by molar-refractivity contribution is 6.04. The van der Waals surface area contributed by atoms with Crippen LogP contribution >= 0.6 is 0 Å². The molecule has 1 aliphatic heterocycles. The lowest BCUT2D eigenvalue weighted by atomic mass is 10.1. The number of nitrogens with one attached hydrogen (secondary N) is 1. The third-order valence-electron chi connectivity index (χ3n) is 4.48. The standard InChI is InChI=1S/C19H18N2O8/c1-9-17(11(3)22)10(2)20-18(9)14(23)8-29-19(24)12-6-15-16(28-5-4-27-15)7-13(12)21(25)26/h6-7,20H,4-5,8H2,1-3H3. The van der Waals surface area contributed by atoms with E-state index in [1.807, 2.05) is 0 Å². The van der Waals surface area contributed by atoms with Gasteiger partial charge in [0.25, 0.3) is 5.69 Å². The number of nitro groups is 1. The van der Waals surface area contributed by atoms with Crippen LogP contribution in [-0.4, -0.2) is 47.3 Å². The molecule has 3 rings (SSSR count). The van der Waals surface area contributed by atoms with Gasteiger partial charge in [0.2, 0.25) is 5.78 Å². The molecule has 0 fully saturated rings. The van der Waals surface area contributed by atoms with Crippen LogP contribution in [0.15, 0.2) is 12.1 Å². The summed E-state index contributed by atoms with van der Waals surface area (Å²) in [7, 11) is 0. The topological polar surface area (TPSA) is 138 Å². The zero-order valence-electron chi connectivity index (χ0n) is 16.0. The fourth-order valence-electron chi connectivity index (χ4n) is 3.23. The van der Waals surface area contributed by atoms with Crippen LogP contribution < -0.4 is 9.47 Å². The number of aromatic amines is 1. The monoisotopic (exact) mass is 402 g/mol. The zero-order chi connectivity index (χ0) is 21.3. The van der Waals surface area contributed by atoms with Crippen molar-refractivity contribution in [2.45, 2.75) is 20.8 Å². The molecule has 1 aromatic carbocycles. The number of rotatable bonds is 6. The Hall–Kier alpha value is -3.69. The molecule has 0 spiro atoms. The molecular formula is C19H18N2O8. The molecule has 0 radical (unpaired) electrons. The van der Waals surface area contributed by atoms with Gasteiger partial charge in [0.15, 0.2) is 23.9 Å². The quantitative estimate of drug-likeness (QED) is 0.337. The molecule has 2 aromatic rings. The number of Topliss-reactive ketones (excluding diaryl/α,β-unsaturated/α-hetero) is 2. The van der Waals surface area contributed by atoms with Crippen LogP contribution in [0.1, 0.15) is 49.4 Å². The molecule has 0 atom stereocenters. The number of aromatic nitrogens is 1. The Kier molecular flexibility index (Phi) is 5.35. The maximum absolute atomic E-state index is 12.4. The summed E-state index contributed by atoms with van der Waals surface area (Å²) in [5.74, 6) is -1.47. The fourth-order valence-corrected chi connectivity index (χ4v) is 3.23. The van der Waals surface area contributed by atoms with E-state index in [0.717, 1.165) is 12.1 Å². The van der Waals surface area contributed by atoms with Gasteiger partial charge in [-0.1, -0.05) is 0 Å². The van der Waals surface area contributed by atoms with Gasteiger partial charge in [0, 0.05) is 17.3 Å². The van der Waals surface area contributed by atoms with Gasteiger partial charge in [0.05, 0.1) is 16.7 Å². The van der Waals surface area contributed by atoms with Crippen LogP contribution in [0.3, 0.4) is 0 Å². The summed E-state index contributed by atoms with van der Waals surface area (Å²) in [6.45, 7) is 4.48. The van der Waals surface area contributed by atoms with Crippen LogP contribution in [-0.2, 0) is 4.74 Å². The molecule has 29 heavy (non-hydrogen) atoms. The van der Waals surface area contributed by atoms with Crippen molar-refractivity contribution in [2.75, 3.05) is 19.8 Å². The van der Waals surface area contributed by atoms with E-state index in [0.29, 0.717) is 16.8 Å². The summed E-state index contributed by atoms with van der Waals surface area (Å²) in [5.41, 5.74) is 0.682. The van der Waals surface area contributed by atoms with E-state index in [1.165, 1.54) is 6.92 Å². The molecule has 0 unspecified atom stereocenters. The minimum Gasteiger partial charge on any atom is -0.486 e. The number of ketones is 2. The molecule has 0 saturated heterocycles. The van der Waals surface area contributed by atoms with Crippen molar-refractivity contribution >= 4 is 23.2 Å². The molecular weight excluding hydrogens is 384 g/mol. The molecule has 1 N–H and O–H groups in total. The number of esters is 1. The molecule has 0 bridgehead atoms. The minimum absolute atomic E-state index is 0.150. The molecule has 0 saturated carbocycles. The van der Waals surface area contributed by atoms with Crippen LogP contribution in [0.25, 0.3) is 0 Å². The second-order valence-corrected chi connectivity index (χ2v) is 6.45. The Morgan fingerprint density at radius 3 is 2.34 bits per heavy atom. The minimum atomic E-state index is -1.05.